The molecule has 0 spiro atoms. The third-order valence-electron chi connectivity index (χ3n) is 5.29. The predicted molar refractivity (Wildman–Crippen MR) is 95.8 cm³/mol. The van der Waals surface area contributed by atoms with Crippen LogP contribution in [0, 0.1) is 13.8 Å². The monoisotopic (exact) mass is 348 g/mol. The molecular weight excluding hydrogens is 328 g/mol. The van der Waals surface area contributed by atoms with E-state index in [4.69, 9.17) is 10.2 Å². The van der Waals surface area contributed by atoms with Gasteiger partial charge >= 0.3 is 0 Å². The van der Waals surface area contributed by atoms with Gasteiger partial charge in [0.2, 0.25) is 0 Å². The Morgan fingerprint density at radius 3 is 2.69 bits per heavy atom. The van der Waals surface area contributed by atoms with Gasteiger partial charge in [0.1, 0.15) is 5.69 Å². The van der Waals surface area contributed by atoms with Gasteiger partial charge in [0.25, 0.3) is 5.78 Å². The van der Waals surface area contributed by atoms with Crippen LogP contribution in [0.15, 0.2) is 24.7 Å². The van der Waals surface area contributed by atoms with Crippen LogP contribution >= 0.6 is 0 Å². The summed E-state index contributed by atoms with van der Waals surface area (Å²) in [6.07, 6.45) is 6.94. The molecule has 1 aliphatic rings. The van der Waals surface area contributed by atoms with E-state index in [0.29, 0.717) is 17.6 Å². The largest absolute Gasteiger partial charge is 0.276 e. The molecule has 8 heteroatoms. The SMILES string of the molecule is Cc1nc2ncc(-c3cc(C4CC4c4cnn(C)c4)nn3C)nn2c1C. The van der Waals surface area contributed by atoms with Crippen LogP contribution in [-0.2, 0) is 14.1 Å². The highest BCUT2D eigenvalue weighted by Gasteiger charge is 2.42. The molecule has 4 aromatic rings. The minimum absolute atomic E-state index is 0.452. The van der Waals surface area contributed by atoms with Crippen molar-refractivity contribution in [1.29, 1.82) is 0 Å². The van der Waals surface area contributed by atoms with E-state index in [1.54, 1.807) is 10.7 Å². The van der Waals surface area contributed by atoms with Gasteiger partial charge in [-0.3, -0.25) is 9.36 Å². The van der Waals surface area contributed by atoms with Crippen LogP contribution in [0.3, 0.4) is 0 Å². The van der Waals surface area contributed by atoms with E-state index >= 15 is 0 Å². The maximum absolute atomic E-state index is 4.74. The van der Waals surface area contributed by atoms with E-state index in [2.05, 4.69) is 27.3 Å². The van der Waals surface area contributed by atoms with Gasteiger partial charge in [-0.15, -0.1) is 0 Å². The van der Waals surface area contributed by atoms with Crippen molar-refractivity contribution in [3.63, 3.8) is 0 Å². The van der Waals surface area contributed by atoms with Crippen LogP contribution in [0.25, 0.3) is 17.2 Å². The number of nitrogens with zero attached hydrogens (tertiary/aromatic N) is 8. The molecular formula is C18H20N8. The zero-order valence-electron chi connectivity index (χ0n) is 15.2. The molecule has 0 radical (unpaired) electrons. The number of aromatic nitrogens is 8. The van der Waals surface area contributed by atoms with Crippen molar-refractivity contribution in [2.45, 2.75) is 32.1 Å². The average Bonchev–Trinajstić information content (AvgIpc) is 3.01. The van der Waals surface area contributed by atoms with E-state index in [1.807, 2.05) is 43.5 Å². The van der Waals surface area contributed by atoms with Gasteiger partial charge in [0.05, 0.1) is 35.2 Å². The van der Waals surface area contributed by atoms with E-state index in [-0.39, 0.29) is 0 Å². The minimum Gasteiger partial charge on any atom is -0.276 e. The van der Waals surface area contributed by atoms with E-state index in [1.165, 1.54) is 5.56 Å². The lowest BCUT2D eigenvalue weighted by molar-refractivity contribution is 0.740. The lowest BCUT2D eigenvalue weighted by Gasteiger charge is -2.01. The first-order valence-corrected chi connectivity index (χ1v) is 8.73. The summed E-state index contributed by atoms with van der Waals surface area (Å²) in [5.74, 6) is 1.59. The molecule has 5 rings (SSSR count). The smallest absolute Gasteiger partial charge is 0.251 e. The maximum atomic E-state index is 4.74. The maximum Gasteiger partial charge on any atom is 0.251 e. The molecule has 2 atom stereocenters. The average molecular weight is 348 g/mol. The van der Waals surface area contributed by atoms with Crippen LogP contribution in [-0.4, -0.2) is 39.1 Å². The Kier molecular flexibility index (Phi) is 3.07. The number of hydrogen-bond acceptors (Lipinski definition) is 5. The first-order chi connectivity index (χ1) is 12.5. The number of fused-ring (bicyclic) bond motifs is 1. The Labute approximate surface area is 150 Å². The van der Waals surface area contributed by atoms with Crippen molar-refractivity contribution in [1.82, 2.24) is 39.1 Å². The van der Waals surface area contributed by atoms with Crippen molar-refractivity contribution in [3.8, 4) is 11.4 Å². The summed E-state index contributed by atoms with van der Waals surface area (Å²) in [6.45, 7) is 3.98. The van der Waals surface area contributed by atoms with Gasteiger partial charge in [-0.05, 0) is 37.8 Å². The van der Waals surface area contributed by atoms with Gasteiger partial charge in [0.15, 0.2) is 0 Å². The fourth-order valence-corrected chi connectivity index (χ4v) is 3.59. The van der Waals surface area contributed by atoms with Crippen molar-refractivity contribution in [3.05, 3.63) is 47.3 Å². The van der Waals surface area contributed by atoms with Crippen LogP contribution in [0.1, 0.15) is 40.9 Å². The Morgan fingerprint density at radius 2 is 1.92 bits per heavy atom. The van der Waals surface area contributed by atoms with Crippen molar-refractivity contribution in [2.24, 2.45) is 14.1 Å². The molecule has 0 bridgehead atoms. The second-order valence-electron chi connectivity index (χ2n) is 7.11. The molecule has 0 saturated heterocycles. The third kappa shape index (κ3) is 2.25. The van der Waals surface area contributed by atoms with Gasteiger partial charge in [-0.25, -0.2) is 14.5 Å². The lowest BCUT2D eigenvalue weighted by atomic mass is 10.1. The Morgan fingerprint density at radius 1 is 1.08 bits per heavy atom. The number of hydrogen-bond donors (Lipinski definition) is 0. The van der Waals surface area contributed by atoms with Crippen LogP contribution in [0.2, 0.25) is 0 Å². The third-order valence-corrected chi connectivity index (χ3v) is 5.29. The van der Waals surface area contributed by atoms with Crippen LogP contribution in [0.4, 0.5) is 0 Å². The quantitative estimate of drug-likeness (QED) is 0.567. The van der Waals surface area contributed by atoms with Crippen LogP contribution < -0.4 is 0 Å². The standard InChI is InChI=1S/C18H20N8/c1-10-11(2)26-18(21-10)19-8-16(23-26)17-6-15(22-25(17)4)14-5-13(14)12-7-20-24(3)9-12/h6-9,13-14H,5H2,1-4H3. The molecule has 26 heavy (non-hydrogen) atoms. The summed E-state index contributed by atoms with van der Waals surface area (Å²) in [4.78, 5) is 8.87. The molecule has 132 valence electrons. The lowest BCUT2D eigenvalue weighted by Crippen LogP contribution is -2.02. The molecule has 0 aliphatic heterocycles. The van der Waals surface area contributed by atoms with Gasteiger partial charge in [0, 0.05) is 26.2 Å². The summed E-state index contributed by atoms with van der Waals surface area (Å²) in [6, 6.07) is 2.13. The van der Waals surface area contributed by atoms with Crippen LogP contribution in [0.5, 0.6) is 0 Å². The molecule has 0 N–H and O–H groups in total. The zero-order chi connectivity index (χ0) is 18.0. The summed E-state index contributed by atoms with van der Waals surface area (Å²) >= 11 is 0. The minimum atomic E-state index is 0.452. The molecule has 1 saturated carbocycles. The molecule has 8 nitrogen and oxygen atoms in total. The first kappa shape index (κ1) is 15.2. The molecule has 1 fully saturated rings. The number of rotatable bonds is 3. The number of aryl methyl sites for hydroxylation is 4. The summed E-state index contributed by atoms with van der Waals surface area (Å²) < 4.78 is 5.55. The topological polar surface area (TPSA) is 78.7 Å². The van der Waals surface area contributed by atoms with E-state index < -0.39 is 0 Å². The van der Waals surface area contributed by atoms with Crippen molar-refractivity contribution in [2.75, 3.05) is 0 Å². The van der Waals surface area contributed by atoms with Crippen molar-refractivity contribution >= 4 is 5.78 Å². The molecule has 0 amide bonds. The fourth-order valence-electron chi connectivity index (χ4n) is 3.59. The predicted octanol–water partition coefficient (Wildman–Crippen LogP) is 2.15. The zero-order valence-corrected chi connectivity index (χ0v) is 15.2. The molecule has 1 aliphatic carbocycles. The van der Waals surface area contributed by atoms with Gasteiger partial charge in [-0.1, -0.05) is 0 Å². The Balaban J connectivity index is 1.49. The molecule has 4 heterocycles. The van der Waals surface area contributed by atoms with E-state index in [0.717, 1.165) is 34.9 Å². The Bertz CT molecular complexity index is 1130. The second-order valence-corrected chi connectivity index (χ2v) is 7.11. The highest BCUT2D eigenvalue weighted by atomic mass is 15.3. The Hall–Kier alpha value is -3.03. The van der Waals surface area contributed by atoms with Gasteiger partial charge < -0.3 is 0 Å². The number of imidazole rings is 1. The molecule has 2 unspecified atom stereocenters. The fraction of sp³-hybridized carbons (Fsp3) is 0.389. The highest BCUT2D eigenvalue weighted by Crippen LogP contribution is 2.54. The molecule has 0 aromatic carbocycles. The van der Waals surface area contributed by atoms with Gasteiger partial charge in [-0.2, -0.15) is 15.3 Å². The highest BCUT2D eigenvalue weighted by molar-refractivity contribution is 5.55. The second kappa shape index (κ2) is 5.23. The summed E-state index contributed by atoms with van der Waals surface area (Å²) in [7, 11) is 3.91. The summed E-state index contributed by atoms with van der Waals surface area (Å²) in [5, 5.41) is 13.7. The van der Waals surface area contributed by atoms with E-state index in [9.17, 15) is 0 Å². The first-order valence-electron chi connectivity index (χ1n) is 8.73. The normalized spacial score (nSPS) is 19.4. The summed E-state index contributed by atoms with van der Waals surface area (Å²) in [5.41, 5.74) is 6.13. The molecule has 4 aromatic heterocycles. The van der Waals surface area contributed by atoms with Crippen molar-refractivity contribution < 1.29 is 0 Å².